The zero-order valence-corrected chi connectivity index (χ0v) is 21.8. The van der Waals surface area contributed by atoms with Crippen molar-refractivity contribution in [2.45, 2.75) is 63.2 Å². The van der Waals surface area contributed by atoms with E-state index in [4.69, 9.17) is 0 Å². The smallest absolute Gasteiger partial charge is 0.265 e. The van der Waals surface area contributed by atoms with Gasteiger partial charge in [-0.15, -0.1) is 0 Å². The fraction of sp³-hybridized carbons (Fsp3) is 0.429. The maximum Gasteiger partial charge on any atom is 0.265 e. The molecule has 208 valence electrons. The van der Waals surface area contributed by atoms with E-state index < -0.39 is 23.6 Å². The standard InChI is InChI=1S/C28H28F4N8/c1-28(31,32)22-5-7-24-37-26-19(29)8-16(9-21(26)40(22)24)25-20(30)13-35-27(38-25)36-23-6-2-15(10-34-23)14-39-17-3-4-18(39)12-33-11-17/h2,6,8-10,13,17-18,22,33H,3-5,7,11-12,14H2,1H3,(H,34,35,36,38)/t17?,18?,22-/m0/s1. The van der Waals surface area contributed by atoms with Gasteiger partial charge in [0.15, 0.2) is 11.6 Å². The Balaban J connectivity index is 1.15. The molecule has 12 heteroatoms. The van der Waals surface area contributed by atoms with Crippen LogP contribution < -0.4 is 10.6 Å². The van der Waals surface area contributed by atoms with Crippen LogP contribution in [0.15, 0.2) is 36.7 Å². The number of pyridine rings is 1. The van der Waals surface area contributed by atoms with Crippen LogP contribution in [0.1, 0.15) is 43.6 Å². The van der Waals surface area contributed by atoms with Crippen LogP contribution >= 0.6 is 0 Å². The monoisotopic (exact) mass is 552 g/mol. The van der Waals surface area contributed by atoms with E-state index in [-0.39, 0.29) is 34.7 Å². The molecule has 3 aliphatic rings. The first-order valence-corrected chi connectivity index (χ1v) is 13.5. The zero-order valence-electron chi connectivity index (χ0n) is 21.8. The first kappa shape index (κ1) is 25.3. The van der Waals surface area contributed by atoms with Crippen LogP contribution in [-0.4, -0.2) is 60.5 Å². The first-order chi connectivity index (χ1) is 19.2. The summed E-state index contributed by atoms with van der Waals surface area (Å²) in [6.45, 7) is 3.70. The van der Waals surface area contributed by atoms with Gasteiger partial charge in [-0.25, -0.2) is 37.5 Å². The number of anilines is 2. The fourth-order valence-electron chi connectivity index (χ4n) is 6.41. The lowest BCUT2D eigenvalue weighted by Gasteiger charge is -2.35. The van der Waals surface area contributed by atoms with Crippen LogP contribution in [-0.2, 0) is 13.0 Å². The molecule has 3 aromatic heterocycles. The minimum absolute atomic E-state index is 0.0152. The number of fused-ring (bicyclic) bond motifs is 5. The van der Waals surface area contributed by atoms with Crippen molar-refractivity contribution in [2.75, 3.05) is 18.4 Å². The largest absolute Gasteiger partial charge is 0.319 e. The van der Waals surface area contributed by atoms with Crippen LogP contribution in [0.2, 0.25) is 0 Å². The fourth-order valence-corrected chi connectivity index (χ4v) is 6.41. The van der Waals surface area contributed by atoms with Crippen molar-refractivity contribution in [3.8, 4) is 11.3 Å². The van der Waals surface area contributed by atoms with Crippen molar-refractivity contribution >= 4 is 22.8 Å². The van der Waals surface area contributed by atoms with E-state index in [1.165, 1.54) is 23.5 Å². The molecule has 8 nitrogen and oxygen atoms in total. The van der Waals surface area contributed by atoms with Crippen molar-refractivity contribution in [2.24, 2.45) is 0 Å². The molecule has 2 bridgehead atoms. The highest BCUT2D eigenvalue weighted by atomic mass is 19.3. The summed E-state index contributed by atoms with van der Waals surface area (Å²) in [6.07, 6.45) is 5.73. The molecule has 0 aliphatic carbocycles. The van der Waals surface area contributed by atoms with Gasteiger partial charge in [-0.05, 0) is 43.0 Å². The SMILES string of the molecule is CC(F)(F)[C@@H]1CCc2nc3c(F)cc(-c4nc(Nc5ccc(CN6C7CCC6CNC7)cn5)ncc4F)cc3n21. The lowest BCUT2D eigenvalue weighted by molar-refractivity contribution is -0.0285. The summed E-state index contributed by atoms with van der Waals surface area (Å²) in [4.78, 5) is 19.6. The Bertz CT molecular complexity index is 1570. The lowest BCUT2D eigenvalue weighted by atomic mass is 10.1. The van der Waals surface area contributed by atoms with Gasteiger partial charge in [0.25, 0.3) is 5.92 Å². The Morgan fingerprint density at radius 1 is 1.00 bits per heavy atom. The van der Waals surface area contributed by atoms with Gasteiger partial charge in [0.1, 0.15) is 22.9 Å². The molecular weight excluding hydrogens is 524 g/mol. The molecular formula is C28H28F4N8. The van der Waals surface area contributed by atoms with Crippen LogP contribution in [0.3, 0.4) is 0 Å². The second-order valence-electron chi connectivity index (χ2n) is 11.0. The van der Waals surface area contributed by atoms with Gasteiger partial charge in [-0.1, -0.05) is 6.07 Å². The number of piperazine rings is 1. The number of nitrogens with zero attached hydrogens (tertiary/aromatic N) is 6. The number of imidazole rings is 1. The number of aromatic nitrogens is 5. The average Bonchev–Trinajstić information content (AvgIpc) is 3.56. The molecule has 3 atom stereocenters. The highest BCUT2D eigenvalue weighted by Gasteiger charge is 2.41. The summed E-state index contributed by atoms with van der Waals surface area (Å²) in [6, 6.07) is 6.35. The zero-order chi connectivity index (χ0) is 27.6. The molecule has 0 radical (unpaired) electrons. The minimum atomic E-state index is -3.02. The third kappa shape index (κ3) is 4.39. The number of alkyl halides is 2. The van der Waals surface area contributed by atoms with Crippen LogP contribution in [0.4, 0.5) is 29.3 Å². The highest BCUT2D eigenvalue weighted by Crippen LogP contribution is 2.42. The topological polar surface area (TPSA) is 83.8 Å². The third-order valence-electron chi connectivity index (χ3n) is 8.34. The highest BCUT2D eigenvalue weighted by molar-refractivity contribution is 5.83. The number of aryl methyl sites for hydroxylation is 1. The number of hydrogen-bond acceptors (Lipinski definition) is 7. The van der Waals surface area contributed by atoms with Gasteiger partial charge < -0.3 is 15.2 Å². The molecule has 7 rings (SSSR count). The van der Waals surface area contributed by atoms with E-state index in [9.17, 15) is 13.2 Å². The molecule has 0 amide bonds. The van der Waals surface area contributed by atoms with Crippen molar-refractivity contribution in [3.05, 3.63) is 59.7 Å². The maximum atomic E-state index is 15.1. The Morgan fingerprint density at radius 2 is 1.80 bits per heavy atom. The summed E-state index contributed by atoms with van der Waals surface area (Å²) >= 11 is 0. The molecule has 2 fully saturated rings. The van der Waals surface area contributed by atoms with Gasteiger partial charge in [0.2, 0.25) is 5.95 Å². The Kier molecular flexibility index (Phi) is 6.00. The Morgan fingerprint density at radius 3 is 2.52 bits per heavy atom. The van der Waals surface area contributed by atoms with Crippen molar-refractivity contribution < 1.29 is 17.6 Å². The summed E-state index contributed by atoms with van der Waals surface area (Å²) in [5, 5.41) is 6.47. The number of hydrogen-bond donors (Lipinski definition) is 2. The summed E-state index contributed by atoms with van der Waals surface area (Å²) in [7, 11) is 0. The van der Waals surface area contributed by atoms with Gasteiger partial charge in [0.05, 0.1) is 17.8 Å². The maximum absolute atomic E-state index is 15.1. The van der Waals surface area contributed by atoms with E-state index in [1.54, 1.807) is 6.20 Å². The summed E-state index contributed by atoms with van der Waals surface area (Å²) in [5.74, 6) is -3.56. The predicted molar refractivity (Wildman–Crippen MR) is 141 cm³/mol. The van der Waals surface area contributed by atoms with Crippen LogP contribution in [0.25, 0.3) is 22.3 Å². The van der Waals surface area contributed by atoms with E-state index >= 15 is 4.39 Å². The number of halogens is 4. The van der Waals surface area contributed by atoms with E-state index in [0.717, 1.165) is 44.4 Å². The summed E-state index contributed by atoms with van der Waals surface area (Å²) < 4.78 is 59.9. The van der Waals surface area contributed by atoms with E-state index in [0.29, 0.717) is 30.1 Å². The van der Waals surface area contributed by atoms with Gasteiger partial charge in [-0.3, -0.25) is 4.90 Å². The van der Waals surface area contributed by atoms with Crippen LogP contribution in [0, 0.1) is 11.6 Å². The minimum Gasteiger partial charge on any atom is -0.319 e. The third-order valence-corrected chi connectivity index (χ3v) is 8.34. The molecule has 3 aliphatic heterocycles. The van der Waals surface area contributed by atoms with E-state index in [2.05, 4.69) is 35.5 Å². The molecule has 2 N–H and O–H groups in total. The van der Waals surface area contributed by atoms with Crippen molar-refractivity contribution in [1.82, 2.24) is 34.7 Å². The summed E-state index contributed by atoms with van der Waals surface area (Å²) in [5.41, 5.74) is 1.22. The molecule has 1 aromatic carbocycles. The number of nitrogens with one attached hydrogen (secondary N) is 2. The molecule has 2 unspecified atom stereocenters. The normalized spacial score (nSPS) is 22.7. The molecule has 0 saturated carbocycles. The van der Waals surface area contributed by atoms with Gasteiger partial charge >= 0.3 is 0 Å². The van der Waals surface area contributed by atoms with E-state index in [1.807, 2.05) is 12.1 Å². The van der Waals surface area contributed by atoms with Gasteiger partial charge in [0, 0.05) is 56.8 Å². The molecule has 40 heavy (non-hydrogen) atoms. The molecule has 6 heterocycles. The second kappa shape index (κ2) is 9.48. The average molecular weight is 553 g/mol. The second-order valence-corrected chi connectivity index (χ2v) is 11.0. The number of rotatable bonds is 6. The quantitative estimate of drug-likeness (QED) is 0.326. The first-order valence-electron chi connectivity index (χ1n) is 13.5. The predicted octanol–water partition coefficient (Wildman–Crippen LogP) is 4.99. The molecule has 4 aromatic rings. The molecule has 0 spiro atoms. The van der Waals surface area contributed by atoms with Crippen LogP contribution in [0.5, 0.6) is 0 Å². The van der Waals surface area contributed by atoms with Gasteiger partial charge in [-0.2, -0.15) is 0 Å². The number of benzene rings is 1. The van der Waals surface area contributed by atoms with Crippen molar-refractivity contribution in [1.29, 1.82) is 0 Å². The Labute approximate surface area is 227 Å². The molecule has 2 saturated heterocycles. The Hall–Kier alpha value is -3.64. The lowest BCUT2D eigenvalue weighted by Crippen LogP contribution is -2.51. The van der Waals surface area contributed by atoms with Crippen molar-refractivity contribution in [3.63, 3.8) is 0 Å².